The van der Waals surface area contributed by atoms with Crippen molar-refractivity contribution in [1.82, 2.24) is 15.1 Å². The number of rotatable bonds is 6. The summed E-state index contributed by atoms with van der Waals surface area (Å²) in [5.74, 6) is 0.929. The molecular formula is C17H28N4O2S. The quantitative estimate of drug-likeness (QED) is 0.764. The highest BCUT2D eigenvalue weighted by atomic mass is 32.3. The van der Waals surface area contributed by atoms with Crippen LogP contribution in [0.1, 0.15) is 44.4 Å². The molecule has 2 N–H and O–H groups in total. The summed E-state index contributed by atoms with van der Waals surface area (Å²) < 4.78 is 1.17. The van der Waals surface area contributed by atoms with Gasteiger partial charge >= 0.3 is 0 Å². The van der Waals surface area contributed by atoms with Crippen molar-refractivity contribution in [3.8, 4) is 0 Å². The van der Waals surface area contributed by atoms with Crippen LogP contribution in [0.2, 0.25) is 0 Å². The summed E-state index contributed by atoms with van der Waals surface area (Å²) in [6, 6.07) is 0. The van der Waals surface area contributed by atoms with E-state index in [0.29, 0.717) is 18.8 Å². The Labute approximate surface area is 145 Å². The van der Waals surface area contributed by atoms with Crippen LogP contribution in [0.15, 0.2) is 0 Å². The molecule has 3 rings (SSSR count). The van der Waals surface area contributed by atoms with Crippen molar-refractivity contribution in [2.75, 3.05) is 30.6 Å². The Bertz CT molecular complexity index is 683. The van der Waals surface area contributed by atoms with E-state index in [1.165, 1.54) is 4.68 Å². The minimum Gasteiger partial charge on any atom is -0.362 e. The first-order chi connectivity index (χ1) is 11.1. The van der Waals surface area contributed by atoms with E-state index in [-0.39, 0.29) is 22.6 Å². The molecule has 1 saturated carbocycles. The smallest absolute Gasteiger partial charge is 0.236 e. The second-order valence-electron chi connectivity index (χ2n) is 8.17. The summed E-state index contributed by atoms with van der Waals surface area (Å²) in [5, 5.41) is 11.0. The van der Waals surface area contributed by atoms with Gasteiger partial charge in [-0.05, 0) is 51.9 Å². The largest absolute Gasteiger partial charge is 0.362 e. The number of nitrogens with zero attached hydrogens (tertiary/aromatic N) is 2. The second kappa shape index (κ2) is 5.59. The molecule has 7 heteroatoms. The Morgan fingerprint density at radius 2 is 2.04 bits per heavy atom. The minimum absolute atomic E-state index is 0.160. The number of nitrogens with one attached hydrogen (secondary N) is 2. The van der Waals surface area contributed by atoms with Crippen molar-refractivity contribution in [2.45, 2.75) is 49.9 Å². The molecule has 0 aromatic carbocycles. The molecule has 134 valence electrons. The van der Waals surface area contributed by atoms with Gasteiger partial charge < -0.3 is 10.6 Å². The third-order valence-corrected chi connectivity index (χ3v) is 8.65. The van der Waals surface area contributed by atoms with Crippen LogP contribution in [-0.2, 0) is 21.7 Å². The molecule has 0 unspecified atom stereocenters. The fourth-order valence-electron chi connectivity index (χ4n) is 3.85. The highest BCUT2D eigenvalue weighted by molar-refractivity contribution is 8.33. The SMILES string of the molecule is CC1(C)NCc2c1nn(C=O)c2NCC(=O)C1(S(C)(C)C)CCC1. The van der Waals surface area contributed by atoms with Crippen molar-refractivity contribution in [3.05, 3.63) is 11.3 Å². The molecule has 0 amide bonds. The van der Waals surface area contributed by atoms with E-state index >= 15 is 0 Å². The molecule has 24 heavy (non-hydrogen) atoms. The van der Waals surface area contributed by atoms with Gasteiger partial charge in [-0.1, -0.05) is 0 Å². The van der Waals surface area contributed by atoms with Gasteiger partial charge in [0.2, 0.25) is 6.41 Å². The molecule has 6 nitrogen and oxygen atoms in total. The van der Waals surface area contributed by atoms with Crippen LogP contribution >= 0.6 is 10.0 Å². The number of aromatic nitrogens is 2. The van der Waals surface area contributed by atoms with E-state index in [2.05, 4.69) is 34.5 Å². The van der Waals surface area contributed by atoms with Crippen molar-refractivity contribution in [1.29, 1.82) is 0 Å². The zero-order valence-corrected chi connectivity index (χ0v) is 16.0. The molecule has 1 aromatic heterocycles. The Morgan fingerprint density at radius 1 is 1.38 bits per heavy atom. The third kappa shape index (κ3) is 2.49. The van der Waals surface area contributed by atoms with Crippen molar-refractivity contribution in [3.63, 3.8) is 0 Å². The first-order valence-corrected chi connectivity index (χ1v) is 11.3. The van der Waals surface area contributed by atoms with Crippen molar-refractivity contribution in [2.24, 2.45) is 0 Å². The first kappa shape index (κ1) is 17.5. The molecule has 1 fully saturated rings. The maximum atomic E-state index is 12.9. The summed E-state index contributed by atoms with van der Waals surface area (Å²) in [5.41, 5.74) is 1.62. The van der Waals surface area contributed by atoms with Gasteiger partial charge in [0, 0.05) is 12.1 Å². The van der Waals surface area contributed by atoms with Crippen LogP contribution in [0, 0.1) is 0 Å². The predicted octanol–water partition coefficient (Wildman–Crippen LogP) is 1.86. The van der Waals surface area contributed by atoms with Crippen molar-refractivity contribution >= 4 is 28.0 Å². The molecular weight excluding hydrogens is 324 g/mol. The fourth-order valence-corrected chi connectivity index (χ4v) is 6.12. The van der Waals surface area contributed by atoms with Crippen LogP contribution < -0.4 is 10.6 Å². The Hall–Kier alpha value is -1.34. The van der Waals surface area contributed by atoms with E-state index in [9.17, 15) is 9.59 Å². The minimum atomic E-state index is -0.958. The van der Waals surface area contributed by atoms with Crippen LogP contribution in [0.3, 0.4) is 0 Å². The van der Waals surface area contributed by atoms with Gasteiger partial charge in [-0.25, -0.2) is 10.0 Å². The number of ketones is 1. The number of hydrogen-bond donors (Lipinski definition) is 2. The topological polar surface area (TPSA) is 76.0 Å². The van der Waals surface area contributed by atoms with Gasteiger partial charge in [0.05, 0.1) is 22.5 Å². The van der Waals surface area contributed by atoms with Crippen LogP contribution in [0.5, 0.6) is 0 Å². The molecule has 0 spiro atoms. The van der Waals surface area contributed by atoms with Gasteiger partial charge in [-0.3, -0.25) is 9.59 Å². The highest BCUT2D eigenvalue weighted by Gasteiger charge is 2.49. The van der Waals surface area contributed by atoms with E-state index in [4.69, 9.17) is 0 Å². The van der Waals surface area contributed by atoms with Crippen LogP contribution in [0.4, 0.5) is 5.82 Å². The number of anilines is 1. The van der Waals surface area contributed by atoms with Crippen LogP contribution in [0.25, 0.3) is 0 Å². The average Bonchev–Trinajstić information content (AvgIpc) is 2.91. The lowest BCUT2D eigenvalue weighted by Gasteiger charge is -2.53. The fraction of sp³-hybridized carbons (Fsp3) is 0.706. The van der Waals surface area contributed by atoms with Crippen molar-refractivity contribution < 1.29 is 9.59 Å². The zero-order chi connectivity index (χ0) is 17.8. The average molecular weight is 353 g/mol. The molecule has 0 atom stereocenters. The summed E-state index contributed by atoms with van der Waals surface area (Å²) >= 11 is 0. The van der Waals surface area contributed by atoms with Gasteiger partial charge in [0.1, 0.15) is 5.82 Å². The first-order valence-electron chi connectivity index (χ1n) is 8.40. The second-order valence-corrected chi connectivity index (χ2v) is 12.6. The molecule has 0 radical (unpaired) electrons. The lowest BCUT2D eigenvalue weighted by molar-refractivity contribution is -0.121. The standard InChI is InChI=1S/C17H28N4O2S/c1-16(2)14-12(9-19-16)15(21(11-22)20-14)18-10-13(23)17(7-6-8-17)24(3,4)5/h11,18-19H,6-10H2,1-5H3. The van der Waals surface area contributed by atoms with E-state index in [0.717, 1.165) is 30.5 Å². The molecule has 2 aliphatic rings. The maximum Gasteiger partial charge on any atom is 0.236 e. The number of carbonyl (C=O) groups excluding carboxylic acids is 2. The Balaban J connectivity index is 1.81. The monoisotopic (exact) mass is 352 g/mol. The van der Waals surface area contributed by atoms with Gasteiger partial charge in [-0.15, -0.1) is 0 Å². The number of fused-ring (bicyclic) bond motifs is 1. The third-order valence-electron chi connectivity index (χ3n) is 5.67. The lowest BCUT2D eigenvalue weighted by atomic mass is 9.81. The van der Waals surface area contributed by atoms with E-state index in [1.807, 2.05) is 13.8 Å². The lowest BCUT2D eigenvalue weighted by Crippen LogP contribution is -2.51. The van der Waals surface area contributed by atoms with Gasteiger partial charge in [0.25, 0.3) is 0 Å². The number of hydrogen-bond acceptors (Lipinski definition) is 5. The highest BCUT2D eigenvalue weighted by Crippen LogP contribution is 2.60. The molecule has 1 aliphatic carbocycles. The summed E-state index contributed by atoms with van der Waals surface area (Å²) in [4.78, 5) is 24.3. The predicted molar refractivity (Wildman–Crippen MR) is 99.7 cm³/mol. The van der Waals surface area contributed by atoms with Gasteiger partial charge in [0.15, 0.2) is 5.78 Å². The normalized spacial score (nSPS) is 21.7. The molecule has 0 bridgehead atoms. The summed E-state index contributed by atoms with van der Waals surface area (Å²) in [7, 11) is -0.958. The molecule has 1 aromatic rings. The van der Waals surface area contributed by atoms with E-state index in [1.54, 1.807) is 0 Å². The number of carbonyl (C=O) groups is 2. The van der Waals surface area contributed by atoms with E-state index < -0.39 is 10.0 Å². The summed E-state index contributed by atoms with van der Waals surface area (Å²) in [6.07, 6.45) is 10.5. The Morgan fingerprint density at radius 3 is 2.54 bits per heavy atom. The molecule has 0 saturated heterocycles. The molecule has 1 aliphatic heterocycles. The zero-order valence-electron chi connectivity index (χ0n) is 15.2. The van der Waals surface area contributed by atoms with Crippen LogP contribution in [-0.4, -0.2) is 52.0 Å². The maximum absolute atomic E-state index is 12.9. The summed E-state index contributed by atoms with van der Waals surface area (Å²) in [6.45, 7) is 5.00. The number of Topliss-reactive ketones (excluding diaryl/α,β-unsaturated/α-hetero) is 1. The Kier molecular flexibility index (Phi) is 4.07. The van der Waals surface area contributed by atoms with Gasteiger partial charge in [-0.2, -0.15) is 9.78 Å². The molecule has 2 heterocycles.